The van der Waals surface area contributed by atoms with Gasteiger partial charge in [0, 0.05) is 12.1 Å². The van der Waals surface area contributed by atoms with Gasteiger partial charge in [-0.25, -0.2) is 4.79 Å². The maximum atomic E-state index is 12.2. The molecule has 2 rings (SSSR count). The van der Waals surface area contributed by atoms with E-state index in [1.54, 1.807) is 7.11 Å². The highest BCUT2D eigenvalue weighted by molar-refractivity contribution is 6.35. The van der Waals surface area contributed by atoms with Crippen LogP contribution in [0.2, 0.25) is 0 Å². The van der Waals surface area contributed by atoms with Crippen LogP contribution in [0.15, 0.2) is 24.3 Å². The number of rotatable bonds is 6. The van der Waals surface area contributed by atoms with E-state index < -0.39 is 0 Å². The van der Waals surface area contributed by atoms with Gasteiger partial charge in [0.25, 0.3) is 5.71 Å². The Balaban J connectivity index is 2.38. The molecule has 1 aromatic rings. The quantitative estimate of drug-likeness (QED) is 0.455. The van der Waals surface area contributed by atoms with Crippen LogP contribution in [0.1, 0.15) is 26.7 Å². The second-order valence-corrected chi connectivity index (χ2v) is 4.82. The molecule has 1 aliphatic carbocycles. The summed E-state index contributed by atoms with van der Waals surface area (Å²) in [5.41, 5.74) is 1.79. The second-order valence-electron chi connectivity index (χ2n) is 4.82. The lowest BCUT2D eigenvalue weighted by Crippen LogP contribution is -2.29. The predicted molar refractivity (Wildman–Crippen MR) is 77.8 cm³/mol. The SMILES string of the molecule is CCOC(=O)C(C1CC1)=[N+](CC)c1ccc(OC)cc1. The summed E-state index contributed by atoms with van der Waals surface area (Å²) in [5.74, 6) is 0.970. The molecule has 1 aliphatic rings. The molecule has 0 amide bonds. The van der Waals surface area contributed by atoms with Gasteiger partial charge in [-0.2, -0.15) is 4.58 Å². The molecule has 4 nitrogen and oxygen atoms in total. The third kappa shape index (κ3) is 3.18. The van der Waals surface area contributed by atoms with Crippen LogP contribution in [0.4, 0.5) is 5.69 Å². The first-order valence-electron chi connectivity index (χ1n) is 7.16. The molecular weight excluding hydrogens is 254 g/mol. The molecule has 1 aromatic carbocycles. The van der Waals surface area contributed by atoms with Crippen LogP contribution in [-0.2, 0) is 9.53 Å². The largest absolute Gasteiger partial charge is 0.497 e. The summed E-state index contributed by atoms with van der Waals surface area (Å²) < 4.78 is 12.4. The number of nitrogens with zero attached hydrogens (tertiary/aromatic N) is 1. The second kappa shape index (κ2) is 6.55. The van der Waals surface area contributed by atoms with E-state index >= 15 is 0 Å². The van der Waals surface area contributed by atoms with E-state index in [4.69, 9.17) is 9.47 Å². The molecule has 0 heterocycles. The maximum Gasteiger partial charge on any atom is 0.399 e. The van der Waals surface area contributed by atoms with E-state index in [0.717, 1.165) is 36.5 Å². The molecule has 1 fully saturated rings. The number of carbonyl (C=O) groups is 1. The summed E-state index contributed by atoms with van der Waals surface area (Å²) in [4.78, 5) is 12.2. The van der Waals surface area contributed by atoms with Crippen molar-refractivity contribution in [1.29, 1.82) is 0 Å². The van der Waals surface area contributed by atoms with E-state index in [9.17, 15) is 4.79 Å². The van der Waals surface area contributed by atoms with E-state index in [-0.39, 0.29) is 5.97 Å². The van der Waals surface area contributed by atoms with Gasteiger partial charge in [0.15, 0.2) is 0 Å². The van der Waals surface area contributed by atoms with E-state index in [1.165, 1.54) is 0 Å². The summed E-state index contributed by atoms with van der Waals surface area (Å²) >= 11 is 0. The number of benzene rings is 1. The fourth-order valence-electron chi connectivity index (χ4n) is 2.31. The molecular formula is C16H22NO3+. The number of carbonyl (C=O) groups excluding carboxylic acids is 1. The van der Waals surface area contributed by atoms with Crippen molar-refractivity contribution in [2.45, 2.75) is 26.7 Å². The third-order valence-corrected chi connectivity index (χ3v) is 3.44. The Kier molecular flexibility index (Phi) is 4.77. The average Bonchev–Trinajstić information content (AvgIpc) is 3.29. The molecule has 0 unspecified atom stereocenters. The van der Waals surface area contributed by atoms with Gasteiger partial charge in [-0.15, -0.1) is 0 Å². The van der Waals surface area contributed by atoms with Gasteiger partial charge in [-0.05, 0) is 38.8 Å². The molecule has 0 N–H and O–H groups in total. The van der Waals surface area contributed by atoms with Crippen molar-refractivity contribution in [3.8, 4) is 5.75 Å². The summed E-state index contributed by atoms with van der Waals surface area (Å²) in [7, 11) is 1.65. The lowest BCUT2D eigenvalue weighted by atomic mass is 10.2. The minimum absolute atomic E-state index is 0.187. The fraction of sp³-hybridized carbons (Fsp3) is 0.500. The summed E-state index contributed by atoms with van der Waals surface area (Å²) in [6.07, 6.45) is 2.14. The summed E-state index contributed by atoms with van der Waals surface area (Å²) in [6.45, 7) is 5.05. The third-order valence-electron chi connectivity index (χ3n) is 3.44. The Labute approximate surface area is 120 Å². The van der Waals surface area contributed by atoms with Crippen molar-refractivity contribution >= 4 is 17.4 Å². The molecule has 0 atom stereocenters. The molecule has 4 heteroatoms. The highest BCUT2D eigenvalue weighted by Crippen LogP contribution is 2.32. The number of hydrogen-bond acceptors (Lipinski definition) is 3. The predicted octanol–water partition coefficient (Wildman–Crippen LogP) is 2.77. The Morgan fingerprint density at radius 2 is 1.90 bits per heavy atom. The van der Waals surface area contributed by atoms with Crippen molar-refractivity contribution in [3.63, 3.8) is 0 Å². The lowest BCUT2D eigenvalue weighted by molar-refractivity contribution is -0.437. The lowest BCUT2D eigenvalue weighted by Gasteiger charge is -2.08. The van der Waals surface area contributed by atoms with Gasteiger partial charge in [-0.1, -0.05) is 0 Å². The summed E-state index contributed by atoms with van der Waals surface area (Å²) in [6, 6.07) is 7.77. The van der Waals surface area contributed by atoms with Crippen molar-refractivity contribution in [3.05, 3.63) is 24.3 Å². The zero-order valence-electron chi connectivity index (χ0n) is 12.4. The van der Waals surface area contributed by atoms with Crippen molar-refractivity contribution in [1.82, 2.24) is 0 Å². The zero-order valence-corrected chi connectivity index (χ0v) is 12.4. The fourth-order valence-corrected chi connectivity index (χ4v) is 2.31. The van der Waals surface area contributed by atoms with Crippen LogP contribution < -0.4 is 4.74 Å². The van der Waals surface area contributed by atoms with Crippen LogP contribution in [0, 0.1) is 5.92 Å². The van der Waals surface area contributed by atoms with E-state index in [0.29, 0.717) is 12.5 Å². The van der Waals surface area contributed by atoms with Crippen molar-refractivity contribution < 1.29 is 18.8 Å². The Morgan fingerprint density at radius 1 is 1.25 bits per heavy atom. The molecule has 0 aromatic heterocycles. The van der Waals surface area contributed by atoms with E-state index in [2.05, 4.69) is 4.58 Å². The minimum Gasteiger partial charge on any atom is -0.497 e. The molecule has 20 heavy (non-hydrogen) atoms. The monoisotopic (exact) mass is 276 g/mol. The number of methoxy groups -OCH3 is 1. The van der Waals surface area contributed by atoms with Crippen LogP contribution in [-0.4, -0.2) is 36.5 Å². The standard InChI is InChI=1S/C16H22NO3/c1-4-17(13-8-10-14(19-3)11-9-13)15(12-6-7-12)16(18)20-5-2/h8-12H,4-7H2,1-3H3/q+1. The molecule has 0 aliphatic heterocycles. The zero-order chi connectivity index (χ0) is 14.5. The maximum absolute atomic E-state index is 12.2. The van der Waals surface area contributed by atoms with Crippen LogP contribution in [0.5, 0.6) is 5.75 Å². The average molecular weight is 276 g/mol. The van der Waals surface area contributed by atoms with Crippen LogP contribution >= 0.6 is 0 Å². The number of ether oxygens (including phenoxy) is 2. The number of hydrogen-bond donors (Lipinski definition) is 0. The van der Waals surface area contributed by atoms with Crippen LogP contribution in [0.3, 0.4) is 0 Å². The first kappa shape index (κ1) is 14.6. The van der Waals surface area contributed by atoms with Gasteiger partial charge in [0.1, 0.15) is 12.3 Å². The van der Waals surface area contributed by atoms with Gasteiger partial charge in [0.2, 0.25) is 5.69 Å². The molecule has 1 saturated carbocycles. The van der Waals surface area contributed by atoms with Crippen LogP contribution in [0.25, 0.3) is 0 Å². The van der Waals surface area contributed by atoms with Gasteiger partial charge in [0.05, 0.1) is 19.6 Å². The highest BCUT2D eigenvalue weighted by atomic mass is 16.5. The highest BCUT2D eigenvalue weighted by Gasteiger charge is 2.41. The van der Waals surface area contributed by atoms with Crippen molar-refractivity contribution in [2.24, 2.45) is 5.92 Å². The smallest absolute Gasteiger partial charge is 0.399 e. The Hall–Kier alpha value is -1.84. The van der Waals surface area contributed by atoms with E-state index in [1.807, 2.05) is 38.1 Å². The summed E-state index contributed by atoms with van der Waals surface area (Å²) in [5, 5.41) is 0. The van der Waals surface area contributed by atoms with Gasteiger partial charge >= 0.3 is 5.97 Å². The Morgan fingerprint density at radius 3 is 2.35 bits per heavy atom. The minimum atomic E-state index is -0.187. The van der Waals surface area contributed by atoms with Gasteiger partial charge < -0.3 is 9.47 Å². The topological polar surface area (TPSA) is 38.5 Å². The molecule has 0 spiro atoms. The molecule has 0 bridgehead atoms. The van der Waals surface area contributed by atoms with Crippen molar-refractivity contribution in [2.75, 3.05) is 20.3 Å². The van der Waals surface area contributed by atoms with Gasteiger partial charge in [-0.3, -0.25) is 0 Å². The first-order valence-corrected chi connectivity index (χ1v) is 7.16. The molecule has 108 valence electrons. The normalized spacial score (nSPS) is 15.6. The Bertz CT molecular complexity index is 501. The molecule has 0 saturated heterocycles. The number of esters is 1. The first-order chi connectivity index (χ1) is 9.71. The molecule has 0 radical (unpaired) electrons.